The first-order valence-electron chi connectivity index (χ1n) is 11.8. The standard InChI is InChI=1S/C26H35NO3/c1-16-18(11-14-27-16)23-15-22-21-8-7-17-5-3-4-6-19(17)20(21)9-12-25(22,2)26(23,30)13-10-24(28)29/h3,5,7,10,13,18-23,27,30H,1,4,6,8-9,11-12,14-15H2,2H3,(H,28,29)/b13-10-/t18?,19-,20+,21+,22-,23+,25-,26-/m0/s1. The third-order valence-corrected chi connectivity index (χ3v) is 9.62. The molecule has 0 amide bonds. The second-order valence-electron chi connectivity index (χ2n) is 10.6. The van der Waals surface area contributed by atoms with Crippen LogP contribution in [0.3, 0.4) is 0 Å². The van der Waals surface area contributed by atoms with E-state index >= 15 is 0 Å². The van der Waals surface area contributed by atoms with E-state index in [4.69, 9.17) is 0 Å². The van der Waals surface area contributed by atoms with E-state index in [1.807, 2.05) is 0 Å². The topological polar surface area (TPSA) is 69.6 Å². The molecule has 1 unspecified atom stereocenters. The van der Waals surface area contributed by atoms with Crippen LogP contribution in [-0.2, 0) is 4.79 Å². The van der Waals surface area contributed by atoms with E-state index in [-0.39, 0.29) is 17.3 Å². The van der Waals surface area contributed by atoms with Gasteiger partial charge in [-0.05, 0) is 80.3 Å². The quantitative estimate of drug-likeness (QED) is 0.603. The Morgan fingerprint density at radius 3 is 2.80 bits per heavy atom. The van der Waals surface area contributed by atoms with Gasteiger partial charge in [0.1, 0.15) is 0 Å². The number of aliphatic carboxylic acids is 1. The fraction of sp³-hybridized carbons (Fsp3) is 0.654. The number of nitrogens with one attached hydrogen (secondary N) is 1. The maximum Gasteiger partial charge on any atom is 0.328 e. The van der Waals surface area contributed by atoms with Crippen LogP contribution in [0.15, 0.2) is 48.2 Å². The highest BCUT2D eigenvalue weighted by atomic mass is 16.4. The Bertz CT molecular complexity index is 841. The minimum atomic E-state index is -1.10. The highest BCUT2D eigenvalue weighted by molar-refractivity contribution is 5.80. The van der Waals surface area contributed by atoms with Gasteiger partial charge in [-0.2, -0.15) is 0 Å². The molecule has 0 aromatic rings. The van der Waals surface area contributed by atoms with Gasteiger partial charge >= 0.3 is 5.97 Å². The fourth-order valence-electron chi connectivity index (χ4n) is 8.14. The van der Waals surface area contributed by atoms with Crippen LogP contribution in [0.2, 0.25) is 0 Å². The molecule has 5 aliphatic rings. The maximum atomic E-state index is 12.2. The Labute approximate surface area is 179 Å². The molecule has 4 heteroatoms. The van der Waals surface area contributed by atoms with Crippen LogP contribution >= 0.6 is 0 Å². The highest BCUT2D eigenvalue weighted by Gasteiger charge is 2.66. The van der Waals surface area contributed by atoms with Crippen LogP contribution in [0.1, 0.15) is 51.9 Å². The molecule has 4 aliphatic carbocycles. The number of allylic oxidation sites excluding steroid dienone is 5. The Morgan fingerprint density at radius 1 is 1.23 bits per heavy atom. The van der Waals surface area contributed by atoms with E-state index in [0.717, 1.165) is 44.3 Å². The highest BCUT2D eigenvalue weighted by Crippen LogP contribution is 2.68. The van der Waals surface area contributed by atoms with E-state index in [0.29, 0.717) is 23.7 Å². The molecular formula is C26H35NO3. The predicted octanol–water partition coefficient (Wildman–Crippen LogP) is 4.45. The van der Waals surface area contributed by atoms with Crippen LogP contribution < -0.4 is 5.32 Å². The molecule has 0 aromatic heterocycles. The summed E-state index contributed by atoms with van der Waals surface area (Å²) in [4.78, 5) is 11.4. The average Bonchev–Trinajstić information content (AvgIpc) is 3.25. The molecule has 30 heavy (non-hydrogen) atoms. The second-order valence-corrected chi connectivity index (χ2v) is 10.6. The number of carboxylic acids is 1. The Kier molecular flexibility index (Phi) is 4.77. The summed E-state index contributed by atoms with van der Waals surface area (Å²) in [6, 6.07) is 0. The molecule has 3 fully saturated rings. The smallest absolute Gasteiger partial charge is 0.328 e. The zero-order chi connectivity index (χ0) is 21.1. The lowest BCUT2D eigenvalue weighted by Gasteiger charge is -2.54. The Hall–Kier alpha value is -1.81. The van der Waals surface area contributed by atoms with Gasteiger partial charge in [0.25, 0.3) is 0 Å². The van der Waals surface area contributed by atoms with Gasteiger partial charge in [0.15, 0.2) is 0 Å². The zero-order valence-corrected chi connectivity index (χ0v) is 18.0. The van der Waals surface area contributed by atoms with Gasteiger partial charge in [0.2, 0.25) is 0 Å². The third kappa shape index (κ3) is 2.79. The number of carboxylic acid groups (broad SMARTS) is 1. The van der Waals surface area contributed by atoms with Crippen LogP contribution in [0.4, 0.5) is 0 Å². The van der Waals surface area contributed by atoms with Gasteiger partial charge in [-0.25, -0.2) is 4.79 Å². The first kappa shape index (κ1) is 20.1. The molecule has 4 nitrogen and oxygen atoms in total. The minimum absolute atomic E-state index is 0.0287. The van der Waals surface area contributed by atoms with Gasteiger partial charge in [-0.3, -0.25) is 0 Å². The first-order chi connectivity index (χ1) is 14.3. The van der Waals surface area contributed by atoms with Crippen LogP contribution in [0.25, 0.3) is 0 Å². The van der Waals surface area contributed by atoms with Crippen molar-refractivity contribution >= 4 is 5.97 Å². The fourth-order valence-corrected chi connectivity index (χ4v) is 8.14. The van der Waals surface area contributed by atoms with Gasteiger partial charge in [-0.1, -0.05) is 31.7 Å². The molecule has 8 atom stereocenters. The van der Waals surface area contributed by atoms with E-state index in [1.54, 1.807) is 6.08 Å². The molecule has 3 N–H and O–H groups in total. The Balaban J connectivity index is 1.54. The lowest BCUT2D eigenvalue weighted by molar-refractivity contribution is -0.132. The molecule has 5 rings (SSSR count). The summed E-state index contributed by atoms with van der Waals surface area (Å²) in [7, 11) is 0. The van der Waals surface area contributed by atoms with E-state index in [9.17, 15) is 15.0 Å². The van der Waals surface area contributed by atoms with Crippen molar-refractivity contribution < 1.29 is 15.0 Å². The molecule has 2 saturated carbocycles. The number of aliphatic hydroxyl groups is 1. The molecule has 0 radical (unpaired) electrons. The van der Waals surface area contributed by atoms with Crippen molar-refractivity contribution in [1.29, 1.82) is 0 Å². The van der Waals surface area contributed by atoms with Gasteiger partial charge < -0.3 is 15.5 Å². The number of rotatable bonds is 3. The summed E-state index contributed by atoms with van der Waals surface area (Å²) >= 11 is 0. The number of hydrogen-bond donors (Lipinski definition) is 3. The van der Waals surface area contributed by atoms with Crippen LogP contribution in [0, 0.1) is 40.9 Å². The summed E-state index contributed by atoms with van der Waals surface area (Å²) in [6.45, 7) is 7.37. The average molecular weight is 410 g/mol. The largest absolute Gasteiger partial charge is 0.478 e. The summed E-state index contributed by atoms with van der Waals surface area (Å²) in [5.41, 5.74) is 1.17. The molecule has 0 aromatic carbocycles. The van der Waals surface area contributed by atoms with Crippen molar-refractivity contribution in [2.75, 3.05) is 6.54 Å². The summed E-state index contributed by atoms with van der Waals surface area (Å²) in [5, 5.41) is 24.9. The van der Waals surface area contributed by atoms with E-state index in [2.05, 4.69) is 37.0 Å². The molecule has 162 valence electrons. The monoisotopic (exact) mass is 409 g/mol. The van der Waals surface area contributed by atoms with Crippen molar-refractivity contribution in [2.24, 2.45) is 40.9 Å². The van der Waals surface area contributed by atoms with Crippen molar-refractivity contribution in [1.82, 2.24) is 5.32 Å². The molecule has 1 heterocycles. The molecule has 0 spiro atoms. The molecular weight excluding hydrogens is 374 g/mol. The van der Waals surface area contributed by atoms with E-state index < -0.39 is 11.6 Å². The predicted molar refractivity (Wildman–Crippen MR) is 117 cm³/mol. The maximum absolute atomic E-state index is 12.2. The molecule has 0 bridgehead atoms. The lowest BCUT2D eigenvalue weighted by Crippen LogP contribution is -2.53. The number of fused-ring (bicyclic) bond motifs is 5. The van der Waals surface area contributed by atoms with Crippen LogP contribution in [0.5, 0.6) is 0 Å². The first-order valence-corrected chi connectivity index (χ1v) is 11.8. The normalized spacial score (nSPS) is 47.4. The van der Waals surface area contributed by atoms with Crippen molar-refractivity contribution in [3.63, 3.8) is 0 Å². The summed E-state index contributed by atoms with van der Waals surface area (Å²) in [6.07, 6.45) is 17.5. The summed E-state index contributed by atoms with van der Waals surface area (Å²) in [5.74, 6) is 1.63. The number of hydrogen-bond acceptors (Lipinski definition) is 3. The number of carbonyl (C=O) groups is 1. The van der Waals surface area contributed by atoms with Crippen LogP contribution in [-0.4, -0.2) is 28.3 Å². The van der Waals surface area contributed by atoms with E-state index in [1.165, 1.54) is 24.5 Å². The summed E-state index contributed by atoms with van der Waals surface area (Å²) < 4.78 is 0. The molecule has 1 saturated heterocycles. The van der Waals surface area contributed by atoms with Crippen molar-refractivity contribution in [3.8, 4) is 0 Å². The van der Waals surface area contributed by atoms with Gasteiger partial charge in [0.05, 0.1) is 5.60 Å². The van der Waals surface area contributed by atoms with Crippen molar-refractivity contribution in [2.45, 2.75) is 57.5 Å². The van der Waals surface area contributed by atoms with Gasteiger partial charge in [-0.15, -0.1) is 0 Å². The van der Waals surface area contributed by atoms with Gasteiger partial charge in [0, 0.05) is 35.6 Å². The SMILES string of the molecule is C=C1NCCC1[C@H]1C[C@H]2[C@@H]3CC=C4C=CCC[C@@H]4[C@H]3CC[C@]2(C)[C@]1(O)/C=C\C(=O)O. The third-order valence-electron chi connectivity index (χ3n) is 9.62. The Morgan fingerprint density at radius 2 is 2.07 bits per heavy atom. The molecule has 1 aliphatic heterocycles. The lowest BCUT2D eigenvalue weighted by atomic mass is 9.51. The minimum Gasteiger partial charge on any atom is -0.478 e. The van der Waals surface area contributed by atoms with Crippen molar-refractivity contribution in [3.05, 3.63) is 48.2 Å². The zero-order valence-electron chi connectivity index (χ0n) is 18.0. The second kappa shape index (κ2) is 7.12.